The number of hydrogen-bond acceptors (Lipinski definition) is 3. The van der Waals surface area contributed by atoms with E-state index in [1.165, 1.54) is 0 Å². The van der Waals surface area contributed by atoms with E-state index in [0.29, 0.717) is 10.6 Å². The largest absolute Gasteiger partial charge is 0.494 e. The molecule has 110 valence electrons. The molecule has 2 rings (SSSR count). The number of aldehydes is 1. The normalized spacial score (nSPS) is 10.4. The van der Waals surface area contributed by atoms with Crippen molar-refractivity contribution in [2.75, 3.05) is 6.61 Å². The second-order valence-corrected chi connectivity index (χ2v) is 6.13. The number of benzene rings is 2. The predicted molar refractivity (Wildman–Crippen MR) is 87.8 cm³/mol. The van der Waals surface area contributed by atoms with Crippen LogP contribution in [0.3, 0.4) is 0 Å². The fourth-order valence-corrected chi connectivity index (χ4v) is 2.96. The summed E-state index contributed by atoms with van der Waals surface area (Å²) in [7, 11) is 0. The summed E-state index contributed by atoms with van der Waals surface area (Å²) < 4.78 is 5.70. The summed E-state index contributed by atoms with van der Waals surface area (Å²) in [5.41, 5.74) is 0.512. The number of halogens is 1. The molecule has 0 bridgehead atoms. The minimum atomic E-state index is 0.477. The van der Waals surface area contributed by atoms with E-state index in [1.54, 1.807) is 23.9 Å². The SMILES string of the molecule is CCCCOc1cccc(Sc2ccc(C=O)c(Cl)c2)c1. The summed E-state index contributed by atoms with van der Waals surface area (Å²) in [6, 6.07) is 13.4. The van der Waals surface area contributed by atoms with E-state index < -0.39 is 0 Å². The Morgan fingerprint density at radius 3 is 2.71 bits per heavy atom. The van der Waals surface area contributed by atoms with E-state index in [2.05, 4.69) is 6.92 Å². The van der Waals surface area contributed by atoms with Crippen molar-refractivity contribution >= 4 is 29.6 Å². The Morgan fingerprint density at radius 1 is 1.19 bits per heavy atom. The summed E-state index contributed by atoms with van der Waals surface area (Å²) in [5.74, 6) is 0.879. The van der Waals surface area contributed by atoms with Crippen molar-refractivity contribution in [2.45, 2.75) is 29.6 Å². The second kappa shape index (κ2) is 8.11. The van der Waals surface area contributed by atoms with Crippen molar-refractivity contribution in [3.8, 4) is 5.75 Å². The Balaban J connectivity index is 2.07. The zero-order valence-corrected chi connectivity index (χ0v) is 13.4. The van der Waals surface area contributed by atoms with E-state index in [0.717, 1.165) is 41.3 Å². The minimum Gasteiger partial charge on any atom is -0.494 e. The highest BCUT2D eigenvalue weighted by Crippen LogP contribution is 2.32. The number of carbonyl (C=O) groups excluding carboxylic acids is 1. The van der Waals surface area contributed by atoms with Crippen LogP contribution in [0.25, 0.3) is 0 Å². The molecular weight excluding hydrogens is 304 g/mol. The van der Waals surface area contributed by atoms with Gasteiger partial charge in [-0.15, -0.1) is 0 Å². The monoisotopic (exact) mass is 320 g/mol. The van der Waals surface area contributed by atoms with Gasteiger partial charge in [0.05, 0.1) is 11.6 Å². The topological polar surface area (TPSA) is 26.3 Å². The van der Waals surface area contributed by atoms with Gasteiger partial charge in [0, 0.05) is 15.4 Å². The summed E-state index contributed by atoms with van der Waals surface area (Å²) in [6.45, 7) is 2.88. The quantitative estimate of drug-likeness (QED) is 0.499. The lowest BCUT2D eigenvalue weighted by atomic mass is 10.2. The second-order valence-electron chi connectivity index (χ2n) is 4.58. The van der Waals surface area contributed by atoms with Gasteiger partial charge in [-0.05, 0) is 42.8 Å². The fourth-order valence-electron chi connectivity index (χ4n) is 1.76. The standard InChI is InChI=1S/C17H17ClO2S/c1-2-3-9-20-14-5-4-6-15(10-14)21-16-8-7-13(12-19)17(18)11-16/h4-8,10-12H,2-3,9H2,1H3. The molecule has 0 N–H and O–H groups in total. The molecule has 4 heteroatoms. The zero-order chi connectivity index (χ0) is 15.1. The molecule has 0 saturated heterocycles. The first-order valence-corrected chi connectivity index (χ1v) is 8.08. The van der Waals surface area contributed by atoms with Crippen molar-refractivity contribution in [3.63, 3.8) is 0 Å². The maximum absolute atomic E-state index is 10.8. The molecule has 2 nitrogen and oxygen atoms in total. The Morgan fingerprint density at radius 2 is 2.00 bits per heavy atom. The van der Waals surface area contributed by atoms with Crippen LogP contribution in [-0.4, -0.2) is 12.9 Å². The Kier molecular flexibility index (Phi) is 6.15. The van der Waals surface area contributed by atoms with Gasteiger partial charge in [-0.1, -0.05) is 42.8 Å². The highest BCUT2D eigenvalue weighted by atomic mass is 35.5. The van der Waals surface area contributed by atoms with Crippen LogP contribution in [0.4, 0.5) is 0 Å². The fraction of sp³-hybridized carbons (Fsp3) is 0.235. The molecule has 21 heavy (non-hydrogen) atoms. The lowest BCUT2D eigenvalue weighted by Crippen LogP contribution is -1.96. The van der Waals surface area contributed by atoms with Gasteiger partial charge in [0.25, 0.3) is 0 Å². The third kappa shape index (κ3) is 4.80. The lowest BCUT2D eigenvalue weighted by Gasteiger charge is -2.08. The van der Waals surface area contributed by atoms with Gasteiger partial charge in [0.15, 0.2) is 6.29 Å². The van der Waals surface area contributed by atoms with E-state index in [4.69, 9.17) is 16.3 Å². The molecule has 0 aliphatic carbocycles. The molecule has 2 aromatic carbocycles. The first-order chi connectivity index (χ1) is 10.2. The van der Waals surface area contributed by atoms with Gasteiger partial charge in [-0.25, -0.2) is 0 Å². The maximum Gasteiger partial charge on any atom is 0.151 e. The van der Waals surface area contributed by atoms with Crippen LogP contribution in [0.5, 0.6) is 5.75 Å². The van der Waals surface area contributed by atoms with Crippen LogP contribution in [-0.2, 0) is 0 Å². The summed E-state index contributed by atoms with van der Waals surface area (Å²) in [6.07, 6.45) is 2.94. The van der Waals surface area contributed by atoms with Crippen molar-refractivity contribution in [1.82, 2.24) is 0 Å². The van der Waals surface area contributed by atoms with Crippen molar-refractivity contribution < 1.29 is 9.53 Å². The summed E-state index contributed by atoms with van der Waals surface area (Å²) >= 11 is 7.64. The van der Waals surface area contributed by atoms with Crippen LogP contribution in [0.2, 0.25) is 5.02 Å². The van der Waals surface area contributed by atoms with Crippen LogP contribution in [0, 0.1) is 0 Å². The average molecular weight is 321 g/mol. The van der Waals surface area contributed by atoms with Gasteiger partial charge in [0.1, 0.15) is 5.75 Å². The van der Waals surface area contributed by atoms with E-state index in [-0.39, 0.29) is 0 Å². The van der Waals surface area contributed by atoms with Crippen LogP contribution >= 0.6 is 23.4 Å². The van der Waals surface area contributed by atoms with Crippen LogP contribution in [0.15, 0.2) is 52.3 Å². The van der Waals surface area contributed by atoms with Crippen molar-refractivity contribution in [1.29, 1.82) is 0 Å². The number of ether oxygens (including phenoxy) is 1. The van der Waals surface area contributed by atoms with Crippen LogP contribution < -0.4 is 4.74 Å². The first kappa shape index (κ1) is 15.9. The number of rotatable bonds is 7. The van der Waals surface area contributed by atoms with Crippen LogP contribution in [0.1, 0.15) is 30.1 Å². The molecule has 0 aliphatic rings. The highest BCUT2D eigenvalue weighted by molar-refractivity contribution is 7.99. The smallest absolute Gasteiger partial charge is 0.151 e. The molecule has 0 atom stereocenters. The highest BCUT2D eigenvalue weighted by Gasteiger charge is 2.04. The summed E-state index contributed by atoms with van der Waals surface area (Å²) in [5, 5.41) is 0.477. The van der Waals surface area contributed by atoms with Gasteiger partial charge in [-0.2, -0.15) is 0 Å². The van der Waals surface area contributed by atoms with Gasteiger partial charge in [0.2, 0.25) is 0 Å². The van der Waals surface area contributed by atoms with Gasteiger partial charge < -0.3 is 4.74 Å². The number of hydrogen-bond donors (Lipinski definition) is 0. The first-order valence-electron chi connectivity index (χ1n) is 6.88. The van der Waals surface area contributed by atoms with E-state index >= 15 is 0 Å². The minimum absolute atomic E-state index is 0.477. The molecule has 0 heterocycles. The molecule has 0 unspecified atom stereocenters. The third-order valence-corrected chi connectivity index (χ3v) is 4.21. The van der Waals surface area contributed by atoms with Gasteiger partial charge in [-0.3, -0.25) is 4.79 Å². The molecule has 0 fully saturated rings. The van der Waals surface area contributed by atoms with E-state index in [9.17, 15) is 4.79 Å². The molecule has 0 amide bonds. The van der Waals surface area contributed by atoms with E-state index in [1.807, 2.05) is 30.3 Å². The lowest BCUT2D eigenvalue weighted by molar-refractivity contribution is 0.112. The number of carbonyl (C=O) groups is 1. The molecule has 0 aliphatic heterocycles. The molecule has 0 spiro atoms. The van der Waals surface area contributed by atoms with Gasteiger partial charge >= 0.3 is 0 Å². The Hall–Kier alpha value is -1.45. The maximum atomic E-state index is 10.8. The molecule has 0 aromatic heterocycles. The number of unbranched alkanes of at least 4 members (excludes halogenated alkanes) is 1. The molecular formula is C17H17ClO2S. The summed E-state index contributed by atoms with van der Waals surface area (Å²) in [4.78, 5) is 12.8. The zero-order valence-electron chi connectivity index (χ0n) is 11.8. The third-order valence-electron chi connectivity index (χ3n) is 2.91. The van der Waals surface area contributed by atoms with Crippen molar-refractivity contribution in [3.05, 3.63) is 53.1 Å². The Bertz CT molecular complexity index is 613. The molecule has 0 radical (unpaired) electrons. The molecule has 0 saturated carbocycles. The molecule has 2 aromatic rings. The Labute approximate surface area is 134 Å². The van der Waals surface area contributed by atoms with Crippen molar-refractivity contribution in [2.24, 2.45) is 0 Å². The predicted octanol–water partition coefficient (Wildman–Crippen LogP) is 5.48. The average Bonchev–Trinajstić information content (AvgIpc) is 2.48.